The average molecular weight is 405 g/mol. The predicted molar refractivity (Wildman–Crippen MR) is 105 cm³/mol. The second-order valence-corrected chi connectivity index (χ2v) is 7.16. The van der Waals surface area contributed by atoms with E-state index in [1.807, 2.05) is 24.3 Å². The van der Waals surface area contributed by atoms with E-state index in [1.54, 1.807) is 7.11 Å². The first kappa shape index (κ1) is 20.1. The van der Waals surface area contributed by atoms with E-state index in [-0.39, 0.29) is 21.7 Å². The van der Waals surface area contributed by atoms with Gasteiger partial charge in [0.1, 0.15) is 11.3 Å². The molecule has 0 bridgehead atoms. The molecule has 2 aromatic rings. The zero-order chi connectivity index (χ0) is 20.1. The summed E-state index contributed by atoms with van der Waals surface area (Å²) in [5.74, 6) is 0.259. The van der Waals surface area contributed by atoms with E-state index in [0.29, 0.717) is 19.8 Å². The lowest BCUT2D eigenvalue weighted by molar-refractivity contribution is -0.385. The number of hydrogen-bond donors (Lipinski definition) is 1. The number of carbonyl (C=O) groups excluding carboxylic acids is 1. The number of nitro groups is 1. The summed E-state index contributed by atoms with van der Waals surface area (Å²) in [6, 6.07) is 11.8. The van der Waals surface area contributed by atoms with Crippen LogP contribution in [0.15, 0.2) is 42.5 Å². The van der Waals surface area contributed by atoms with Crippen molar-refractivity contribution in [2.45, 2.75) is 18.3 Å². The second kappa shape index (κ2) is 8.58. The minimum absolute atomic E-state index is 0.00802. The minimum atomic E-state index is -0.603. The fourth-order valence-electron chi connectivity index (χ4n) is 3.47. The van der Waals surface area contributed by atoms with Crippen LogP contribution in [0.1, 0.15) is 28.8 Å². The molecule has 28 heavy (non-hydrogen) atoms. The number of nitro benzene ring substituents is 1. The molecule has 1 saturated heterocycles. The molecule has 148 valence electrons. The molecule has 1 N–H and O–H groups in total. The highest BCUT2D eigenvalue weighted by atomic mass is 35.5. The van der Waals surface area contributed by atoms with Crippen LogP contribution in [0.4, 0.5) is 5.69 Å². The molecule has 0 aliphatic carbocycles. The highest BCUT2D eigenvalue weighted by Crippen LogP contribution is 2.35. The zero-order valence-corrected chi connectivity index (χ0v) is 16.2. The van der Waals surface area contributed by atoms with Gasteiger partial charge in [0.05, 0.1) is 12.0 Å². The third-order valence-electron chi connectivity index (χ3n) is 5.14. The first-order chi connectivity index (χ1) is 13.4. The molecule has 8 heteroatoms. The van der Waals surface area contributed by atoms with Crippen LogP contribution in [0.5, 0.6) is 5.75 Å². The van der Waals surface area contributed by atoms with Crippen molar-refractivity contribution in [1.82, 2.24) is 5.32 Å². The Bertz CT molecular complexity index is 863. The van der Waals surface area contributed by atoms with Gasteiger partial charge in [0.2, 0.25) is 0 Å². The Hall–Kier alpha value is -2.64. The Labute approximate surface area is 167 Å². The van der Waals surface area contributed by atoms with Crippen LogP contribution < -0.4 is 10.1 Å². The number of nitrogens with one attached hydrogen (secondary N) is 1. The number of halogens is 1. The lowest BCUT2D eigenvalue weighted by Gasteiger charge is -2.38. The van der Waals surface area contributed by atoms with Gasteiger partial charge in [0.25, 0.3) is 11.6 Å². The van der Waals surface area contributed by atoms with Crippen molar-refractivity contribution in [2.24, 2.45) is 0 Å². The molecule has 1 heterocycles. The van der Waals surface area contributed by atoms with Crippen LogP contribution >= 0.6 is 11.6 Å². The molecule has 0 aromatic heterocycles. The van der Waals surface area contributed by atoms with Gasteiger partial charge in [-0.05, 0) is 42.7 Å². The molecule has 0 atom stereocenters. The molecule has 7 nitrogen and oxygen atoms in total. The van der Waals surface area contributed by atoms with Crippen molar-refractivity contribution in [1.29, 1.82) is 0 Å². The molecule has 3 rings (SSSR count). The highest BCUT2D eigenvalue weighted by molar-refractivity contribution is 6.31. The van der Waals surface area contributed by atoms with Crippen LogP contribution in [0.3, 0.4) is 0 Å². The number of hydrogen-bond acceptors (Lipinski definition) is 5. The molecule has 0 spiro atoms. The van der Waals surface area contributed by atoms with Crippen molar-refractivity contribution in [2.75, 3.05) is 26.9 Å². The normalized spacial score (nSPS) is 15.6. The number of amides is 1. The number of carbonyl (C=O) groups is 1. The van der Waals surface area contributed by atoms with Gasteiger partial charge in [-0.25, -0.2) is 0 Å². The summed E-state index contributed by atoms with van der Waals surface area (Å²) in [6.07, 6.45) is 1.48. The average Bonchev–Trinajstić information content (AvgIpc) is 2.72. The first-order valence-electron chi connectivity index (χ1n) is 8.90. The second-order valence-electron chi connectivity index (χ2n) is 6.72. The van der Waals surface area contributed by atoms with Gasteiger partial charge in [-0.3, -0.25) is 14.9 Å². The van der Waals surface area contributed by atoms with Crippen molar-refractivity contribution < 1.29 is 19.2 Å². The maximum atomic E-state index is 12.7. The van der Waals surface area contributed by atoms with Gasteiger partial charge >= 0.3 is 0 Å². The molecule has 0 saturated carbocycles. The quantitative estimate of drug-likeness (QED) is 0.585. The van der Waals surface area contributed by atoms with Gasteiger partial charge in [-0.15, -0.1) is 0 Å². The van der Waals surface area contributed by atoms with Crippen LogP contribution in [0.25, 0.3) is 0 Å². The fourth-order valence-corrected chi connectivity index (χ4v) is 3.63. The van der Waals surface area contributed by atoms with E-state index in [9.17, 15) is 14.9 Å². The molecule has 1 amide bonds. The molecule has 1 aliphatic rings. The molecular weight excluding hydrogens is 384 g/mol. The van der Waals surface area contributed by atoms with Gasteiger partial charge in [0, 0.05) is 36.3 Å². The van der Waals surface area contributed by atoms with Gasteiger partial charge in [-0.2, -0.15) is 0 Å². The summed E-state index contributed by atoms with van der Waals surface area (Å²) in [5.41, 5.74) is 0.450. The van der Waals surface area contributed by atoms with Gasteiger partial charge < -0.3 is 14.8 Å². The van der Waals surface area contributed by atoms with Crippen LogP contribution in [-0.4, -0.2) is 37.7 Å². The molecule has 2 aromatic carbocycles. The smallest absolute Gasteiger partial charge is 0.283 e. The third kappa shape index (κ3) is 4.26. The Morgan fingerprint density at radius 3 is 2.54 bits per heavy atom. The lowest BCUT2D eigenvalue weighted by Crippen LogP contribution is -2.44. The molecule has 1 fully saturated rings. The van der Waals surface area contributed by atoms with Crippen LogP contribution in [0, 0.1) is 10.1 Å². The summed E-state index contributed by atoms with van der Waals surface area (Å²) in [6.45, 7) is 1.52. The number of rotatable bonds is 6. The Morgan fingerprint density at radius 1 is 1.25 bits per heavy atom. The number of ether oxygens (including phenoxy) is 2. The van der Waals surface area contributed by atoms with E-state index >= 15 is 0 Å². The molecule has 1 aliphatic heterocycles. The van der Waals surface area contributed by atoms with Gasteiger partial charge in [-0.1, -0.05) is 23.7 Å². The Kier molecular flexibility index (Phi) is 6.16. The topological polar surface area (TPSA) is 90.7 Å². The largest absolute Gasteiger partial charge is 0.497 e. The minimum Gasteiger partial charge on any atom is -0.497 e. The van der Waals surface area contributed by atoms with Crippen molar-refractivity contribution in [3.8, 4) is 5.75 Å². The Balaban J connectivity index is 1.82. The number of nitrogens with zero attached hydrogens (tertiary/aromatic N) is 1. The summed E-state index contributed by atoms with van der Waals surface area (Å²) in [4.78, 5) is 23.4. The standard InChI is InChI=1S/C20H21ClN2O5/c1-27-16-5-2-14(3-6-16)20(8-10-28-11-9-20)13-22-19(24)17-7-4-15(21)12-18(17)23(25)26/h2-7,12H,8-11,13H2,1H3,(H,22,24). The predicted octanol–water partition coefficient (Wildman–Crippen LogP) is 3.74. The van der Waals surface area contributed by atoms with Crippen LogP contribution in [-0.2, 0) is 10.2 Å². The highest BCUT2D eigenvalue weighted by Gasteiger charge is 2.35. The fraction of sp³-hybridized carbons (Fsp3) is 0.350. The molecule has 0 radical (unpaired) electrons. The van der Waals surface area contributed by atoms with Crippen LogP contribution in [0.2, 0.25) is 5.02 Å². The van der Waals surface area contributed by atoms with Crippen molar-refractivity contribution in [3.05, 3.63) is 68.7 Å². The van der Waals surface area contributed by atoms with Gasteiger partial charge in [0.15, 0.2) is 0 Å². The SMILES string of the molecule is COc1ccc(C2(CNC(=O)c3ccc(Cl)cc3[N+](=O)[O-])CCOCC2)cc1. The van der Waals surface area contributed by atoms with Crippen molar-refractivity contribution in [3.63, 3.8) is 0 Å². The summed E-state index contributed by atoms with van der Waals surface area (Å²) >= 11 is 5.83. The Morgan fingerprint density at radius 2 is 1.93 bits per heavy atom. The van der Waals surface area contributed by atoms with Crippen molar-refractivity contribution >= 4 is 23.2 Å². The first-order valence-corrected chi connectivity index (χ1v) is 9.27. The number of benzene rings is 2. The maximum Gasteiger partial charge on any atom is 0.283 e. The molecule has 0 unspecified atom stereocenters. The lowest BCUT2D eigenvalue weighted by atomic mass is 9.74. The molecular formula is C20H21ClN2O5. The number of methoxy groups -OCH3 is 1. The summed E-state index contributed by atoms with van der Waals surface area (Å²) in [7, 11) is 1.61. The monoisotopic (exact) mass is 404 g/mol. The van der Waals surface area contributed by atoms with E-state index in [0.717, 1.165) is 24.2 Å². The van der Waals surface area contributed by atoms with E-state index < -0.39 is 10.8 Å². The van der Waals surface area contributed by atoms with E-state index in [1.165, 1.54) is 18.2 Å². The summed E-state index contributed by atoms with van der Waals surface area (Å²) < 4.78 is 10.7. The zero-order valence-electron chi connectivity index (χ0n) is 15.4. The maximum absolute atomic E-state index is 12.7. The third-order valence-corrected chi connectivity index (χ3v) is 5.38. The van der Waals surface area contributed by atoms with E-state index in [2.05, 4.69) is 5.32 Å². The van der Waals surface area contributed by atoms with E-state index in [4.69, 9.17) is 21.1 Å². The summed E-state index contributed by atoms with van der Waals surface area (Å²) in [5, 5.41) is 14.4.